The molecule has 0 saturated heterocycles. The van der Waals surface area contributed by atoms with Crippen LogP contribution in [0.4, 0.5) is 5.82 Å². The number of benzene rings is 1. The lowest BCUT2D eigenvalue weighted by atomic mass is 10.1. The van der Waals surface area contributed by atoms with E-state index in [2.05, 4.69) is 10.3 Å². The molecule has 1 aromatic heterocycles. The number of rotatable bonds is 5. The molecule has 0 atom stereocenters. The van der Waals surface area contributed by atoms with E-state index in [1.165, 1.54) is 11.8 Å². The molecule has 0 aliphatic heterocycles. The molecule has 1 aromatic carbocycles. The van der Waals surface area contributed by atoms with Gasteiger partial charge in [0.1, 0.15) is 5.82 Å². The van der Waals surface area contributed by atoms with Gasteiger partial charge in [-0.3, -0.25) is 4.79 Å². The number of carbonyl (C=O) groups excluding carboxylic acids is 1. The Labute approximate surface area is 127 Å². The van der Waals surface area contributed by atoms with Crippen molar-refractivity contribution in [1.82, 2.24) is 4.98 Å². The van der Waals surface area contributed by atoms with Crippen molar-refractivity contribution in [1.29, 1.82) is 0 Å². The number of hydrogen-bond donors (Lipinski definition) is 1. The maximum Gasteiger partial charge on any atom is 0.188 e. The lowest BCUT2D eigenvalue weighted by molar-refractivity contribution is 0.104. The Hall–Kier alpha value is -1.78. The number of allylic oxidation sites excluding steroid dienone is 1. The second-order valence-corrected chi connectivity index (χ2v) is 5.21. The first kappa shape index (κ1) is 14.6. The zero-order valence-corrected chi connectivity index (χ0v) is 12.4. The lowest BCUT2D eigenvalue weighted by Crippen LogP contribution is -2.02. The van der Waals surface area contributed by atoms with Crippen LogP contribution in [-0.2, 0) is 0 Å². The number of carbonyl (C=O) groups is 1. The summed E-state index contributed by atoms with van der Waals surface area (Å²) in [6.07, 6.45) is 5.15. The number of pyridine rings is 1. The van der Waals surface area contributed by atoms with Crippen molar-refractivity contribution < 1.29 is 4.79 Å². The molecule has 0 unspecified atom stereocenters. The molecular formula is C15H13ClN2OS. The highest BCUT2D eigenvalue weighted by atomic mass is 35.5. The van der Waals surface area contributed by atoms with Crippen molar-refractivity contribution in [2.75, 3.05) is 11.6 Å². The van der Waals surface area contributed by atoms with E-state index in [4.69, 9.17) is 11.6 Å². The highest BCUT2D eigenvalue weighted by Gasteiger charge is 2.05. The van der Waals surface area contributed by atoms with Crippen LogP contribution in [0.15, 0.2) is 59.8 Å². The van der Waals surface area contributed by atoms with Crippen LogP contribution < -0.4 is 5.32 Å². The third-order valence-electron chi connectivity index (χ3n) is 2.53. The number of hydrogen-bond acceptors (Lipinski definition) is 4. The number of ketones is 1. The Morgan fingerprint density at radius 3 is 2.60 bits per heavy atom. The number of thioether (sulfide) groups is 1. The van der Waals surface area contributed by atoms with Crippen molar-refractivity contribution in [2.45, 2.75) is 0 Å². The Balaban J connectivity index is 2.14. The number of nitrogens with zero attached hydrogens (tertiary/aromatic N) is 1. The Morgan fingerprint density at radius 1 is 1.25 bits per heavy atom. The van der Waals surface area contributed by atoms with E-state index < -0.39 is 0 Å². The molecule has 1 heterocycles. The predicted molar refractivity (Wildman–Crippen MR) is 85.2 cm³/mol. The van der Waals surface area contributed by atoms with Gasteiger partial charge in [0.2, 0.25) is 0 Å². The molecule has 0 fully saturated rings. The molecule has 1 N–H and O–H groups in total. The molecule has 0 amide bonds. The first-order valence-electron chi connectivity index (χ1n) is 5.92. The number of aromatic nitrogens is 1. The van der Waals surface area contributed by atoms with Crippen molar-refractivity contribution in [2.24, 2.45) is 0 Å². The molecule has 5 heteroatoms. The molecule has 0 aliphatic carbocycles. The zero-order valence-electron chi connectivity index (χ0n) is 10.8. The summed E-state index contributed by atoms with van der Waals surface area (Å²) in [5.41, 5.74) is 0.601. The topological polar surface area (TPSA) is 42.0 Å². The van der Waals surface area contributed by atoms with Crippen LogP contribution in [0.2, 0.25) is 5.02 Å². The predicted octanol–water partition coefficient (Wildman–Crippen LogP) is 4.23. The van der Waals surface area contributed by atoms with Gasteiger partial charge < -0.3 is 5.32 Å². The van der Waals surface area contributed by atoms with Gasteiger partial charge in [-0.25, -0.2) is 4.98 Å². The highest BCUT2D eigenvalue weighted by Crippen LogP contribution is 2.17. The average molecular weight is 305 g/mol. The third-order valence-corrected chi connectivity index (χ3v) is 3.44. The van der Waals surface area contributed by atoms with E-state index in [9.17, 15) is 4.79 Å². The van der Waals surface area contributed by atoms with Crippen molar-refractivity contribution in [3.05, 3.63) is 70.4 Å². The van der Waals surface area contributed by atoms with Gasteiger partial charge in [-0.15, -0.1) is 11.8 Å². The Bertz CT molecular complexity index is 612. The van der Waals surface area contributed by atoms with E-state index in [0.29, 0.717) is 16.4 Å². The normalized spacial score (nSPS) is 11.2. The van der Waals surface area contributed by atoms with Gasteiger partial charge in [0.25, 0.3) is 0 Å². The largest absolute Gasteiger partial charge is 0.335 e. The SMILES string of the molecule is CS/C(=C/C(=O)c1ccc(Cl)cc1)Nc1ccccn1. The van der Waals surface area contributed by atoms with Gasteiger partial charge in [0.05, 0.1) is 5.03 Å². The van der Waals surface area contributed by atoms with E-state index in [-0.39, 0.29) is 5.78 Å². The molecule has 3 nitrogen and oxygen atoms in total. The van der Waals surface area contributed by atoms with Crippen molar-refractivity contribution >= 4 is 35.0 Å². The maximum absolute atomic E-state index is 12.1. The number of nitrogens with one attached hydrogen (secondary N) is 1. The molecule has 2 rings (SSSR count). The third kappa shape index (κ3) is 4.11. The number of anilines is 1. The molecular weight excluding hydrogens is 292 g/mol. The molecule has 0 bridgehead atoms. The summed E-state index contributed by atoms with van der Waals surface area (Å²) in [6.45, 7) is 0. The molecule has 0 radical (unpaired) electrons. The minimum Gasteiger partial charge on any atom is -0.335 e. The minimum absolute atomic E-state index is 0.0746. The van der Waals surface area contributed by atoms with Gasteiger partial charge in [-0.2, -0.15) is 0 Å². The quantitative estimate of drug-likeness (QED) is 0.663. The van der Waals surface area contributed by atoms with E-state index >= 15 is 0 Å². The van der Waals surface area contributed by atoms with Crippen LogP contribution in [0, 0.1) is 0 Å². The van der Waals surface area contributed by atoms with E-state index in [1.807, 2.05) is 24.5 Å². The van der Waals surface area contributed by atoms with Crippen molar-refractivity contribution in [3.8, 4) is 0 Å². The zero-order chi connectivity index (χ0) is 14.4. The van der Waals surface area contributed by atoms with Gasteiger partial charge in [0.15, 0.2) is 5.78 Å². The lowest BCUT2D eigenvalue weighted by Gasteiger charge is -2.07. The average Bonchev–Trinajstić information content (AvgIpc) is 2.48. The summed E-state index contributed by atoms with van der Waals surface area (Å²) in [5.74, 6) is 0.631. The molecule has 0 spiro atoms. The van der Waals surface area contributed by atoms with E-state index in [0.717, 1.165) is 5.03 Å². The summed E-state index contributed by atoms with van der Waals surface area (Å²) in [4.78, 5) is 16.3. The van der Waals surface area contributed by atoms with Gasteiger partial charge in [-0.1, -0.05) is 17.7 Å². The smallest absolute Gasteiger partial charge is 0.188 e. The fourth-order valence-electron chi connectivity index (χ4n) is 1.53. The summed E-state index contributed by atoms with van der Waals surface area (Å²) < 4.78 is 0. The fraction of sp³-hybridized carbons (Fsp3) is 0.0667. The molecule has 0 saturated carbocycles. The van der Waals surface area contributed by atoms with E-state index in [1.54, 1.807) is 36.5 Å². The van der Waals surface area contributed by atoms with Crippen LogP contribution >= 0.6 is 23.4 Å². The van der Waals surface area contributed by atoms with Gasteiger partial charge >= 0.3 is 0 Å². The van der Waals surface area contributed by atoms with Gasteiger partial charge in [-0.05, 0) is 42.7 Å². The van der Waals surface area contributed by atoms with Crippen LogP contribution in [0.25, 0.3) is 0 Å². The van der Waals surface area contributed by atoms with Crippen LogP contribution in [0.3, 0.4) is 0 Å². The highest BCUT2D eigenvalue weighted by molar-refractivity contribution is 8.02. The molecule has 2 aromatic rings. The summed E-state index contributed by atoms with van der Waals surface area (Å²) in [5, 5.41) is 4.46. The van der Waals surface area contributed by atoms with Crippen molar-refractivity contribution in [3.63, 3.8) is 0 Å². The molecule has 102 valence electrons. The summed E-state index contributed by atoms with van der Waals surface area (Å²) in [7, 11) is 0. The fourth-order valence-corrected chi connectivity index (χ4v) is 2.08. The molecule has 0 aliphatic rings. The van der Waals surface area contributed by atoms with Crippen LogP contribution in [-0.4, -0.2) is 17.0 Å². The summed E-state index contributed by atoms with van der Waals surface area (Å²) >= 11 is 7.26. The first-order chi connectivity index (χ1) is 9.69. The molecule has 20 heavy (non-hydrogen) atoms. The Morgan fingerprint density at radius 2 is 2.00 bits per heavy atom. The minimum atomic E-state index is -0.0746. The Kier molecular flexibility index (Phi) is 5.21. The number of halogens is 1. The second-order valence-electron chi connectivity index (χ2n) is 3.92. The van der Waals surface area contributed by atoms with Crippen LogP contribution in [0.1, 0.15) is 10.4 Å². The van der Waals surface area contributed by atoms with Crippen LogP contribution in [0.5, 0.6) is 0 Å². The maximum atomic E-state index is 12.1. The summed E-state index contributed by atoms with van der Waals surface area (Å²) in [6, 6.07) is 12.4. The van der Waals surface area contributed by atoms with Gasteiger partial charge in [0, 0.05) is 22.9 Å². The standard InChI is InChI=1S/C15H13ClN2OS/c1-20-15(18-14-4-2-3-9-17-14)10-13(19)11-5-7-12(16)8-6-11/h2-10H,1H3,(H,17,18)/b15-10+. The first-order valence-corrected chi connectivity index (χ1v) is 7.53. The second kappa shape index (κ2) is 7.12. The monoisotopic (exact) mass is 304 g/mol.